The van der Waals surface area contributed by atoms with Crippen molar-refractivity contribution in [2.75, 3.05) is 12.9 Å². The molecule has 0 fully saturated rings. The monoisotopic (exact) mass is 252 g/mol. The number of carbonyl (C=O) groups is 1. The number of hydrogen-bond donors (Lipinski definition) is 0. The molecule has 0 aromatic rings. The highest BCUT2D eigenvalue weighted by Crippen LogP contribution is 2.11. The van der Waals surface area contributed by atoms with Gasteiger partial charge in [0, 0.05) is 13.3 Å². The fourth-order valence-corrected chi connectivity index (χ4v) is 1.94. The molecule has 1 atom stereocenters. The number of esters is 1. The van der Waals surface area contributed by atoms with Crippen molar-refractivity contribution in [3.05, 3.63) is 0 Å². The van der Waals surface area contributed by atoms with E-state index in [1.165, 1.54) is 6.92 Å². The lowest BCUT2D eigenvalue weighted by atomic mass is 10.1. The van der Waals surface area contributed by atoms with Crippen molar-refractivity contribution in [1.82, 2.24) is 0 Å². The highest BCUT2D eigenvalue weighted by molar-refractivity contribution is 7.86. The Balaban J connectivity index is 4.05. The predicted molar refractivity (Wildman–Crippen MR) is 60.5 cm³/mol. The molecule has 0 bridgehead atoms. The molecule has 0 heterocycles. The Bertz CT molecular complexity index is 296. The number of unbranched alkanes of at least 4 members (excludes halogenated alkanes) is 1. The van der Waals surface area contributed by atoms with Crippen molar-refractivity contribution >= 4 is 16.1 Å². The van der Waals surface area contributed by atoms with Gasteiger partial charge in [0.15, 0.2) is 0 Å². The van der Waals surface area contributed by atoms with Crippen LogP contribution in [0.15, 0.2) is 0 Å². The van der Waals surface area contributed by atoms with Gasteiger partial charge in [0.25, 0.3) is 10.1 Å². The summed E-state index contributed by atoms with van der Waals surface area (Å²) in [5.74, 6) is -0.367. The Hall–Kier alpha value is -0.620. The minimum atomic E-state index is -3.44. The number of ether oxygens (including phenoxy) is 1. The lowest BCUT2D eigenvalue weighted by molar-refractivity contribution is -0.141. The predicted octanol–water partition coefficient (Wildman–Crippen LogP) is 1.47. The molecular weight excluding hydrogens is 232 g/mol. The molecule has 0 rings (SSSR count). The molecule has 0 aliphatic heterocycles. The first-order valence-electron chi connectivity index (χ1n) is 5.36. The van der Waals surface area contributed by atoms with Crippen LogP contribution >= 0.6 is 0 Å². The summed E-state index contributed by atoms with van der Waals surface area (Å²) >= 11 is 0. The van der Waals surface area contributed by atoms with Crippen LogP contribution in [0.2, 0.25) is 0 Å². The smallest absolute Gasteiger partial charge is 0.302 e. The molecule has 0 aliphatic carbocycles. The fraction of sp³-hybridized carbons (Fsp3) is 0.900. The van der Waals surface area contributed by atoms with Crippen LogP contribution in [-0.4, -0.2) is 33.4 Å². The average molecular weight is 252 g/mol. The minimum absolute atomic E-state index is 0.194. The Morgan fingerprint density at radius 1 is 1.31 bits per heavy atom. The molecule has 0 aliphatic rings. The molecule has 0 saturated heterocycles. The third-order valence-electron chi connectivity index (χ3n) is 1.94. The van der Waals surface area contributed by atoms with Gasteiger partial charge < -0.3 is 4.74 Å². The molecule has 16 heavy (non-hydrogen) atoms. The summed E-state index contributed by atoms with van der Waals surface area (Å²) in [6.45, 7) is 3.53. The van der Waals surface area contributed by atoms with Crippen LogP contribution in [-0.2, 0) is 23.8 Å². The van der Waals surface area contributed by atoms with Crippen molar-refractivity contribution in [1.29, 1.82) is 0 Å². The molecule has 0 amide bonds. The molecule has 96 valence electrons. The zero-order chi connectivity index (χ0) is 12.6. The van der Waals surface area contributed by atoms with E-state index in [1.54, 1.807) is 0 Å². The van der Waals surface area contributed by atoms with E-state index in [9.17, 15) is 13.2 Å². The van der Waals surface area contributed by atoms with Gasteiger partial charge in [-0.05, 0) is 6.42 Å². The Morgan fingerprint density at radius 3 is 2.38 bits per heavy atom. The van der Waals surface area contributed by atoms with Gasteiger partial charge in [0.2, 0.25) is 0 Å². The molecule has 0 aromatic carbocycles. The first kappa shape index (κ1) is 15.4. The van der Waals surface area contributed by atoms with Crippen molar-refractivity contribution in [3.8, 4) is 0 Å². The first-order chi connectivity index (χ1) is 7.35. The maximum atomic E-state index is 11.0. The van der Waals surface area contributed by atoms with Crippen molar-refractivity contribution in [2.45, 2.75) is 45.6 Å². The van der Waals surface area contributed by atoms with Crippen LogP contribution in [0.4, 0.5) is 0 Å². The maximum absolute atomic E-state index is 11.0. The summed E-state index contributed by atoms with van der Waals surface area (Å²) in [4.78, 5) is 10.5. The second kappa shape index (κ2) is 7.62. The number of hydrogen-bond acceptors (Lipinski definition) is 5. The minimum Gasteiger partial charge on any atom is -0.466 e. The fourth-order valence-electron chi connectivity index (χ4n) is 1.25. The topological polar surface area (TPSA) is 69.7 Å². The zero-order valence-corrected chi connectivity index (χ0v) is 10.9. The summed E-state index contributed by atoms with van der Waals surface area (Å²) in [6.07, 6.45) is 3.56. The van der Waals surface area contributed by atoms with Crippen LogP contribution in [0, 0.1) is 0 Å². The molecule has 0 spiro atoms. The molecule has 0 radical (unpaired) electrons. The van der Waals surface area contributed by atoms with E-state index in [-0.39, 0.29) is 12.6 Å². The van der Waals surface area contributed by atoms with Crippen molar-refractivity contribution in [2.24, 2.45) is 0 Å². The average Bonchev–Trinajstić information content (AvgIpc) is 2.11. The molecule has 6 heteroatoms. The standard InChI is InChI=1S/C10H20O5S/c1-4-5-6-10(15-16(3,12)13)7-8-14-9(2)11/h10H,4-8H2,1-3H3/t10-/m0/s1. The van der Waals surface area contributed by atoms with E-state index >= 15 is 0 Å². The van der Waals surface area contributed by atoms with Crippen LogP contribution in [0.5, 0.6) is 0 Å². The maximum Gasteiger partial charge on any atom is 0.302 e. The van der Waals surface area contributed by atoms with Gasteiger partial charge in [-0.1, -0.05) is 19.8 Å². The first-order valence-corrected chi connectivity index (χ1v) is 7.18. The van der Waals surface area contributed by atoms with Crippen LogP contribution in [0.3, 0.4) is 0 Å². The van der Waals surface area contributed by atoms with Crippen molar-refractivity contribution < 1.29 is 22.1 Å². The van der Waals surface area contributed by atoms with Crippen LogP contribution in [0.25, 0.3) is 0 Å². The van der Waals surface area contributed by atoms with E-state index in [1.807, 2.05) is 6.92 Å². The summed E-state index contributed by atoms with van der Waals surface area (Å²) in [5.41, 5.74) is 0. The molecule has 5 nitrogen and oxygen atoms in total. The molecule has 0 aromatic heterocycles. The van der Waals surface area contributed by atoms with Gasteiger partial charge in [-0.25, -0.2) is 0 Å². The van der Waals surface area contributed by atoms with Crippen molar-refractivity contribution in [3.63, 3.8) is 0 Å². The number of carbonyl (C=O) groups excluding carboxylic acids is 1. The van der Waals surface area contributed by atoms with E-state index in [2.05, 4.69) is 0 Å². The largest absolute Gasteiger partial charge is 0.466 e. The van der Waals surface area contributed by atoms with Crippen LogP contribution in [0.1, 0.15) is 39.5 Å². The molecule has 0 N–H and O–H groups in total. The lowest BCUT2D eigenvalue weighted by Gasteiger charge is -2.15. The highest BCUT2D eigenvalue weighted by Gasteiger charge is 2.15. The normalized spacial score (nSPS) is 13.4. The summed E-state index contributed by atoms with van der Waals surface area (Å²) in [5, 5.41) is 0. The second-order valence-electron chi connectivity index (χ2n) is 3.69. The SMILES string of the molecule is CCCC[C@@H](CCOC(C)=O)OS(C)(=O)=O. The Morgan fingerprint density at radius 2 is 1.94 bits per heavy atom. The van der Waals surface area contributed by atoms with Gasteiger partial charge in [-0.15, -0.1) is 0 Å². The third kappa shape index (κ3) is 9.92. The van der Waals surface area contributed by atoms with E-state index in [0.29, 0.717) is 12.8 Å². The molecule has 0 unspecified atom stereocenters. The van der Waals surface area contributed by atoms with E-state index in [0.717, 1.165) is 19.1 Å². The Labute approximate surface area is 97.2 Å². The second-order valence-corrected chi connectivity index (χ2v) is 5.29. The molecule has 0 saturated carbocycles. The summed E-state index contributed by atoms with van der Waals surface area (Å²) < 4.78 is 31.6. The zero-order valence-electron chi connectivity index (χ0n) is 10.1. The lowest BCUT2D eigenvalue weighted by Crippen LogP contribution is -2.20. The highest BCUT2D eigenvalue weighted by atomic mass is 32.2. The van der Waals surface area contributed by atoms with E-state index in [4.69, 9.17) is 8.92 Å². The van der Waals surface area contributed by atoms with Gasteiger partial charge in [-0.2, -0.15) is 8.42 Å². The summed E-state index contributed by atoms with van der Waals surface area (Å²) in [6, 6.07) is 0. The van der Waals surface area contributed by atoms with Gasteiger partial charge in [0.05, 0.1) is 19.0 Å². The van der Waals surface area contributed by atoms with Gasteiger partial charge >= 0.3 is 5.97 Å². The summed E-state index contributed by atoms with van der Waals surface area (Å²) in [7, 11) is -3.44. The van der Waals surface area contributed by atoms with Gasteiger partial charge in [-0.3, -0.25) is 8.98 Å². The van der Waals surface area contributed by atoms with Gasteiger partial charge in [0.1, 0.15) is 0 Å². The quantitative estimate of drug-likeness (QED) is 0.483. The Kier molecular flexibility index (Phi) is 7.33. The molecular formula is C10H20O5S. The van der Waals surface area contributed by atoms with Crippen LogP contribution < -0.4 is 0 Å². The van der Waals surface area contributed by atoms with E-state index < -0.39 is 16.2 Å². The third-order valence-corrected chi connectivity index (χ3v) is 2.56. The number of rotatable bonds is 8.